The lowest BCUT2D eigenvalue weighted by atomic mass is 9.89. The van der Waals surface area contributed by atoms with Gasteiger partial charge in [-0.2, -0.15) is 0 Å². The third kappa shape index (κ3) is 7.18. The van der Waals surface area contributed by atoms with Gasteiger partial charge in [0.2, 0.25) is 0 Å². The SMILES string of the molecule is c1ccc(-c2cc(-c3nc(-c4ccc5c(c4)sc4ccccc45)nc(-c4ccc5c(c4)sc4ccccc45)n3)cc(-c3ccccc3)c2-n2c3ccccc3c3c4sc5c6c(ccc5c4ccc32)C(c2ccccc2)c2ccccc2-6)cc1. The number of hydrogen-bond acceptors (Lipinski definition) is 6. The van der Waals surface area contributed by atoms with Crippen molar-refractivity contribution in [3.8, 4) is 73.2 Å². The molecule has 0 N–H and O–H groups in total. The van der Waals surface area contributed by atoms with Crippen LogP contribution in [-0.2, 0) is 0 Å². The highest BCUT2D eigenvalue weighted by Gasteiger charge is 2.33. The summed E-state index contributed by atoms with van der Waals surface area (Å²) in [6, 6.07) is 95.7. The summed E-state index contributed by atoms with van der Waals surface area (Å²) >= 11 is 5.56. The van der Waals surface area contributed by atoms with Crippen molar-refractivity contribution in [2.75, 3.05) is 0 Å². The zero-order valence-corrected chi connectivity index (χ0v) is 46.9. The molecule has 1 aliphatic carbocycles. The predicted molar refractivity (Wildman–Crippen MR) is 353 cm³/mol. The van der Waals surface area contributed by atoms with Gasteiger partial charge in [-0.25, -0.2) is 15.0 Å². The van der Waals surface area contributed by atoms with Crippen LogP contribution in [0.15, 0.2) is 261 Å². The normalized spacial score (nSPS) is 13.2. The largest absolute Gasteiger partial charge is 0.308 e. The van der Waals surface area contributed by atoms with Gasteiger partial charge in [0.1, 0.15) is 0 Å². The molecule has 0 radical (unpaired) electrons. The number of fused-ring (bicyclic) bond motifs is 17. The molecule has 1 unspecified atom stereocenters. The Balaban J connectivity index is 0.893. The highest BCUT2D eigenvalue weighted by Crippen LogP contribution is 2.55. The Morgan fingerprint density at radius 1 is 0.301 bits per heavy atom. The zero-order chi connectivity index (χ0) is 54.3. The highest BCUT2D eigenvalue weighted by atomic mass is 32.1. The van der Waals surface area contributed by atoms with Crippen molar-refractivity contribution in [1.82, 2.24) is 19.5 Å². The number of thiophene rings is 3. The van der Waals surface area contributed by atoms with E-state index in [1.54, 1.807) is 22.7 Å². The quantitative estimate of drug-likeness (QED) is 0.160. The fourth-order valence-electron chi connectivity index (χ4n) is 13.4. The minimum atomic E-state index is 0.179. The van der Waals surface area contributed by atoms with Crippen molar-refractivity contribution in [3.63, 3.8) is 0 Å². The fourth-order valence-corrected chi connectivity index (χ4v) is 17.2. The van der Waals surface area contributed by atoms with Crippen molar-refractivity contribution >= 4 is 116 Å². The summed E-state index contributed by atoms with van der Waals surface area (Å²) in [7, 11) is 0. The standard InChI is InChI=1S/C76H44N4S3/c1-4-18-44(19-5-1)60-40-49(76-78-74(47-32-34-52-50-24-13-16-30-64(50)81-66(52)42-47)77-75(79-76)48-33-35-53-51-25-14-17-31-65(51)82-67(53)43-48)41-61(45-20-6-2-7-21-45)71(60)80-62-29-15-12-28-58(62)70-63(80)39-38-57-56-36-37-59-68(46-22-8-3-9-23-46)54-26-10-11-27-55(54)69(59)72(56)83-73(57)70/h1-43,68H. The number of nitrogens with zero attached hydrogens (tertiary/aromatic N) is 4. The van der Waals surface area contributed by atoms with Crippen LogP contribution in [0.1, 0.15) is 22.6 Å². The molecule has 5 aromatic heterocycles. The lowest BCUT2D eigenvalue weighted by Gasteiger charge is -2.21. The van der Waals surface area contributed by atoms with E-state index in [1.807, 2.05) is 11.3 Å². The van der Waals surface area contributed by atoms with Crippen molar-refractivity contribution in [2.45, 2.75) is 5.92 Å². The first-order valence-corrected chi connectivity index (χ1v) is 30.5. The molecule has 0 saturated carbocycles. The number of para-hydroxylation sites is 1. The van der Waals surface area contributed by atoms with Gasteiger partial charge in [-0.15, -0.1) is 34.0 Å². The molecule has 83 heavy (non-hydrogen) atoms. The molecule has 4 nitrogen and oxygen atoms in total. The molecule has 386 valence electrons. The lowest BCUT2D eigenvalue weighted by Crippen LogP contribution is -2.04. The Morgan fingerprint density at radius 2 is 0.795 bits per heavy atom. The summed E-state index contributed by atoms with van der Waals surface area (Å²) in [6.07, 6.45) is 0. The Kier molecular flexibility index (Phi) is 10.3. The maximum absolute atomic E-state index is 5.51. The van der Waals surface area contributed by atoms with Gasteiger partial charge >= 0.3 is 0 Å². The Bertz CT molecular complexity index is 5330. The van der Waals surface area contributed by atoms with Gasteiger partial charge in [-0.05, 0) is 81.9 Å². The van der Waals surface area contributed by atoms with Gasteiger partial charge in [0.05, 0.1) is 16.7 Å². The molecule has 7 heteroatoms. The minimum Gasteiger partial charge on any atom is -0.308 e. The van der Waals surface area contributed by atoms with E-state index in [0.717, 1.165) is 55.7 Å². The van der Waals surface area contributed by atoms with Crippen LogP contribution in [0.4, 0.5) is 0 Å². The van der Waals surface area contributed by atoms with Gasteiger partial charge in [0.25, 0.3) is 0 Å². The topological polar surface area (TPSA) is 43.6 Å². The molecular formula is C76H44N4S3. The van der Waals surface area contributed by atoms with Crippen molar-refractivity contribution in [3.05, 3.63) is 278 Å². The third-order valence-corrected chi connectivity index (χ3v) is 20.7. The van der Waals surface area contributed by atoms with E-state index in [-0.39, 0.29) is 5.92 Å². The number of benzene rings is 12. The summed E-state index contributed by atoms with van der Waals surface area (Å²) in [5, 5.41) is 10.1. The van der Waals surface area contributed by atoms with E-state index in [0.29, 0.717) is 17.5 Å². The smallest absolute Gasteiger partial charge is 0.164 e. The van der Waals surface area contributed by atoms with Crippen LogP contribution in [0.25, 0.3) is 156 Å². The van der Waals surface area contributed by atoms with Crippen molar-refractivity contribution in [1.29, 1.82) is 0 Å². The Morgan fingerprint density at radius 3 is 1.43 bits per heavy atom. The summed E-state index contributed by atoms with van der Waals surface area (Å²) < 4.78 is 10.1. The molecule has 18 rings (SSSR count). The fraction of sp³-hybridized carbons (Fsp3) is 0.0132. The number of hydrogen-bond donors (Lipinski definition) is 0. The monoisotopic (exact) mass is 1110 g/mol. The molecule has 1 atom stereocenters. The molecule has 0 fully saturated rings. The molecule has 12 aromatic carbocycles. The van der Waals surface area contributed by atoms with Crippen LogP contribution in [-0.4, -0.2) is 19.5 Å². The van der Waals surface area contributed by atoms with Crippen molar-refractivity contribution in [2.24, 2.45) is 0 Å². The summed E-state index contributed by atoms with van der Waals surface area (Å²) in [5.74, 6) is 2.05. The number of rotatable bonds is 7. The van der Waals surface area contributed by atoms with Gasteiger partial charge < -0.3 is 4.57 Å². The number of aromatic nitrogens is 4. The molecule has 0 spiro atoms. The maximum Gasteiger partial charge on any atom is 0.164 e. The van der Waals surface area contributed by atoms with Crippen LogP contribution in [0, 0.1) is 0 Å². The second-order valence-corrected chi connectivity index (χ2v) is 24.9. The first-order valence-electron chi connectivity index (χ1n) is 28.1. The third-order valence-electron chi connectivity index (χ3n) is 17.1. The van der Waals surface area contributed by atoms with Crippen LogP contribution in [0.3, 0.4) is 0 Å². The molecule has 0 amide bonds. The van der Waals surface area contributed by atoms with Crippen LogP contribution < -0.4 is 0 Å². The second-order valence-electron chi connectivity index (χ2n) is 21.7. The molecule has 17 aromatic rings. The van der Waals surface area contributed by atoms with Crippen LogP contribution in [0.5, 0.6) is 0 Å². The zero-order valence-electron chi connectivity index (χ0n) is 44.4. The molecule has 1 aliphatic rings. The first-order chi connectivity index (χ1) is 41.1. The highest BCUT2D eigenvalue weighted by molar-refractivity contribution is 7.27. The Hall–Kier alpha value is -9.89. The van der Waals surface area contributed by atoms with E-state index < -0.39 is 0 Å². The molecule has 0 aliphatic heterocycles. The van der Waals surface area contributed by atoms with Crippen LogP contribution >= 0.6 is 34.0 Å². The predicted octanol–water partition coefficient (Wildman–Crippen LogP) is 21.6. The minimum absolute atomic E-state index is 0.179. The lowest BCUT2D eigenvalue weighted by molar-refractivity contribution is 1.02. The van der Waals surface area contributed by atoms with Crippen molar-refractivity contribution < 1.29 is 0 Å². The molecule has 0 bridgehead atoms. The van der Waals surface area contributed by atoms with E-state index >= 15 is 0 Å². The van der Waals surface area contributed by atoms with Gasteiger partial charge in [0.15, 0.2) is 17.5 Å². The van der Waals surface area contributed by atoms with E-state index in [1.165, 1.54) is 99.1 Å². The average Bonchev–Trinajstić information content (AvgIpc) is 1.97. The van der Waals surface area contributed by atoms with E-state index in [2.05, 4.69) is 265 Å². The summed E-state index contributed by atoms with van der Waals surface area (Å²) in [4.78, 5) is 16.4. The van der Waals surface area contributed by atoms with Gasteiger partial charge in [0, 0.05) is 111 Å². The van der Waals surface area contributed by atoms with Crippen LogP contribution in [0.2, 0.25) is 0 Å². The molecule has 5 heterocycles. The van der Waals surface area contributed by atoms with Gasteiger partial charge in [-0.1, -0.05) is 212 Å². The second kappa shape index (κ2) is 18.3. The molecular weight excluding hydrogens is 1070 g/mol. The summed E-state index contributed by atoms with van der Waals surface area (Å²) in [5.41, 5.74) is 17.3. The van der Waals surface area contributed by atoms with E-state index in [4.69, 9.17) is 15.0 Å². The Labute approximate surface area is 489 Å². The van der Waals surface area contributed by atoms with E-state index in [9.17, 15) is 0 Å². The first kappa shape index (κ1) is 46.8. The summed E-state index contributed by atoms with van der Waals surface area (Å²) in [6.45, 7) is 0. The molecule has 0 saturated heterocycles. The van der Waals surface area contributed by atoms with Gasteiger partial charge in [-0.3, -0.25) is 0 Å². The maximum atomic E-state index is 5.51. The average molecular weight is 1110 g/mol.